The predicted molar refractivity (Wildman–Crippen MR) is 76.3 cm³/mol. The van der Waals surface area contributed by atoms with Crippen LogP contribution in [0.3, 0.4) is 0 Å². The molecule has 0 fully saturated rings. The van der Waals surface area contributed by atoms with Crippen molar-refractivity contribution in [3.63, 3.8) is 0 Å². The number of carbonyl (C=O) groups excluding carboxylic acids is 1. The Bertz CT molecular complexity index is 396. The molecule has 0 spiro atoms. The number of pyridine rings is 1. The van der Waals surface area contributed by atoms with Gasteiger partial charge in [-0.15, -0.1) is 0 Å². The van der Waals surface area contributed by atoms with Crippen molar-refractivity contribution >= 4 is 11.7 Å². The summed E-state index contributed by atoms with van der Waals surface area (Å²) in [6.45, 7) is 3.61. The molecular weight excluding hydrogens is 242 g/mol. The summed E-state index contributed by atoms with van der Waals surface area (Å²) in [6, 6.07) is 3.56. The summed E-state index contributed by atoms with van der Waals surface area (Å²) >= 11 is 0. The van der Waals surface area contributed by atoms with Crippen LogP contribution < -0.4 is 5.32 Å². The first-order valence-electron chi connectivity index (χ1n) is 6.76. The number of anilines is 1. The van der Waals surface area contributed by atoms with Gasteiger partial charge >= 0.3 is 0 Å². The van der Waals surface area contributed by atoms with Crippen molar-refractivity contribution < 1.29 is 9.90 Å². The van der Waals surface area contributed by atoms with Crippen molar-refractivity contribution in [2.24, 2.45) is 0 Å². The molecule has 0 aliphatic heterocycles. The molecule has 1 aromatic rings. The Kier molecular flexibility index (Phi) is 6.89. The molecule has 0 aromatic carbocycles. The summed E-state index contributed by atoms with van der Waals surface area (Å²) in [5, 5.41) is 11.8. The van der Waals surface area contributed by atoms with Crippen molar-refractivity contribution in [2.75, 3.05) is 32.1 Å². The standard InChI is InChI=1S/C14H23N3O2/c1-3-15-13-12(8-7-9-16-13)14(19)17(2)10-5-4-6-11-18/h7-9,18H,3-6,10-11H2,1-2H3,(H,15,16). The second-order valence-corrected chi connectivity index (χ2v) is 4.44. The monoisotopic (exact) mass is 265 g/mol. The van der Waals surface area contributed by atoms with Gasteiger partial charge < -0.3 is 15.3 Å². The number of amides is 1. The fraction of sp³-hybridized carbons (Fsp3) is 0.571. The number of aliphatic hydroxyl groups excluding tert-OH is 1. The van der Waals surface area contributed by atoms with E-state index in [1.54, 1.807) is 30.3 Å². The SMILES string of the molecule is CCNc1ncccc1C(=O)N(C)CCCCCO. The Hall–Kier alpha value is -1.62. The molecule has 19 heavy (non-hydrogen) atoms. The van der Waals surface area contributed by atoms with E-state index in [-0.39, 0.29) is 12.5 Å². The van der Waals surface area contributed by atoms with Gasteiger partial charge in [-0.25, -0.2) is 4.98 Å². The summed E-state index contributed by atoms with van der Waals surface area (Å²) in [7, 11) is 1.80. The maximum absolute atomic E-state index is 12.3. The van der Waals surface area contributed by atoms with Gasteiger partial charge in [0, 0.05) is 32.9 Å². The molecule has 1 heterocycles. The third-order valence-corrected chi connectivity index (χ3v) is 2.88. The highest BCUT2D eigenvalue weighted by Gasteiger charge is 2.15. The molecular formula is C14H23N3O2. The number of aromatic nitrogens is 1. The van der Waals surface area contributed by atoms with Crippen molar-refractivity contribution in [1.82, 2.24) is 9.88 Å². The van der Waals surface area contributed by atoms with Gasteiger partial charge in [0.1, 0.15) is 5.82 Å². The average Bonchev–Trinajstić information content (AvgIpc) is 2.43. The molecule has 1 aromatic heterocycles. The normalized spacial score (nSPS) is 10.3. The van der Waals surface area contributed by atoms with E-state index in [1.807, 2.05) is 6.92 Å². The van der Waals surface area contributed by atoms with Crippen molar-refractivity contribution in [1.29, 1.82) is 0 Å². The Labute approximate surface area is 114 Å². The predicted octanol–water partition coefficient (Wildman–Crippen LogP) is 1.75. The second-order valence-electron chi connectivity index (χ2n) is 4.44. The van der Waals surface area contributed by atoms with Crippen LogP contribution in [0.4, 0.5) is 5.82 Å². The maximum atomic E-state index is 12.3. The molecule has 0 saturated heterocycles. The Morgan fingerprint density at radius 2 is 2.21 bits per heavy atom. The van der Waals surface area contributed by atoms with Crippen LogP contribution in [0.2, 0.25) is 0 Å². The van der Waals surface area contributed by atoms with Crippen LogP contribution in [0.1, 0.15) is 36.5 Å². The Morgan fingerprint density at radius 1 is 1.42 bits per heavy atom. The molecule has 5 nitrogen and oxygen atoms in total. The molecule has 0 atom stereocenters. The number of nitrogens with one attached hydrogen (secondary N) is 1. The Balaban J connectivity index is 2.60. The van der Waals surface area contributed by atoms with E-state index >= 15 is 0 Å². The highest BCUT2D eigenvalue weighted by Crippen LogP contribution is 2.13. The number of carbonyl (C=O) groups is 1. The van der Waals surface area contributed by atoms with Crippen LogP contribution in [-0.4, -0.2) is 47.6 Å². The largest absolute Gasteiger partial charge is 0.396 e. The topological polar surface area (TPSA) is 65.5 Å². The van der Waals surface area contributed by atoms with Crippen LogP contribution in [-0.2, 0) is 0 Å². The zero-order valence-electron chi connectivity index (χ0n) is 11.7. The van der Waals surface area contributed by atoms with Crippen LogP contribution in [0.15, 0.2) is 18.3 Å². The average molecular weight is 265 g/mol. The highest BCUT2D eigenvalue weighted by atomic mass is 16.2. The van der Waals surface area contributed by atoms with Gasteiger partial charge in [0.05, 0.1) is 5.56 Å². The van der Waals surface area contributed by atoms with Crippen LogP contribution in [0, 0.1) is 0 Å². The molecule has 1 amide bonds. The third-order valence-electron chi connectivity index (χ3n) is 2.88. The van der Waals surface area contributed by atoms with Crippen LogP contribution >= 0.6 is 0 Å². The van der Waals surface area contributed by atoms with E-state index in [0.717, 1.165) is 25.8 Å². The molecule has 2 N–H and O–H groups in total. The molecule has 0 bridgehead atoms. The van der Waals surface area contributed by atoms with Crippen molar-refractivity contribution in [3.05, 3.63) is 23.9 Å². The van der Waals surface area contributed by atoms with E-state index in [9.17, 15) is 4.79 Å². The smallest absolute Gasteiger partial charge is 0.257 e. The minimum absolute atomic E-state index is 0.0203. The van der Waals surface area contributed by atoms with E-state index in [1.165, 1.54) is 0 Å². The summed E-state index contributed by atoms with van der Waals surface area (Å²) in [5.41, 5.74) is 0.606. The molecule has 0 aliphatic rings. The number of hydrogen-bond acceptors (Lipinski definition) is 4. The Morgan fingerprint density at radius 3 is 2.89 bits per heavy atom. The molecule has 0 saturated carbocycles. The van der Waals surface area contributed by atoms with E-state index in [2.05, 4.69) is 10.3 Å². The summed E-state index contributed by atoms with van der Waals surface area (Å²) in [6.07, 6.45) is 4.30. The molecule has 106 valence electrons. The summed E-state index contributed by atoms with van der Waals surface area (Å²) in [4.78, 5) is 18.2. The van der Waals surface area contributed by atoms with Gasteiger partial charge in [-0.1, -0.05) is 0 Å². The lowest BCUT2D eigenvalue weighted by Gasteiger charge is -2.18. The van der Waals surface area contributed by atoms with E-state index < -0.39 is 0 Å². The minimum Gasteiger partial charge on any atom is -0.396 e. The lowest BCUT2D eigenvalue weighted by molar-refractivity contribution is 0.0792. The van der Waals surface area contributed by atoms with E-state index in [4.69, 9.17) is 5.11 Å². The molecule has 5 heteroatoms. The quantitative estimate of drug-likeness (QED) is 0.703. The maximum Gasteiger partial charge on any atom is 0.257 e. The lowest BCUT2D eigenvalue weighted by atomic mass is 10.2. The van der Waals surface area contributed by atoms with Gasteiger partial charge in [0.15, 0.2) is 0 Å². The third kappa shape index (κ3) is 4.87. The zero-order valence-corrected chi connectivity index (χ0v) is 11.7. The number of rotatable bonds is 8. The fourth-order valence-corrected chi connectivity index (χ4v) is 1.83. The summed E-state index contributed by atoms with van der Waals surface area (Å²) < 4.78 is 0. The van der Waals surface area contributed by atoms with Crippen molar-refractivity contribution in [3.8, 4) is 0 Å². The second kappa shape index (κ2) is 8.48. The first-order chi connectivity index (χ1) is 9.20. The van der Waals surface area contributed by atoms with Gasteiger partial charge in [0.2, 0.25) is 0 Å². The zero-order chi connectivity index (χ0) is 14.1. The van der Waals surface area contributed by atoms with Gasteiger partial charge in [-0.05, 0) is 38.3 Å². The lowest BCUT2D eigenvalue weighted by Crippen LogP contribution is -2.28. The van der Waals surface area contributed by atoms with Gasteiger partial charge in [-0.3, -0.25) is 4.79 Å². The molecule has 1 rings (SSSR count). The van der Waals surface area contributed by atoms with E-state index in [0.29, 0.717) is 17.9 Å². The molecule has 0 aliphatic carbocycles. The number of nitrogens with zero attached hydrogens (tertiary/aromatic N) is 2. The first kappa shape index (κ1) is 15.4. The highest BCUT2D eigenvalue weighted by molar-refractivity contribution is 5.98. The number of aliphatic hydroxyl groups is 1. The minimum atomic E-state index is -0.0203. The fourth-order valence-electron chi connectivity index (χ4n) is 1.83. The first-order valence-corrected chi connectivity index (χ1v) is 6.76. The van der Waals surface area contributed by atoms with Crippen molar-refractivity contribution in [2.45, 2.75) is 26.2 Å². The van der Waals surface area contributed by atoms with Crippen LogP contribution in [0.25, 0.3) is 0 Å². The molecule has 0 radical (unpaired) electrons. The van der Waals surface area contributed by atoms with Gasteiger partial charge in [0.25, 0.3) is 5.91 Å². The number of hydrogen-bond donors (Lipinski definition) is 2. The summed E-state index contributed by atoms with van der Waals surface area (Å²) in [5.74, 6) is 0.616. The van der Waals surface area contributed by atoms with Crippen LogP contribution in [0.5, 0.6) is 0 Å². The number of unbranched alkanes of at least 4 members (excludes halogenated alkanes) is 2. The molecule has 0 unspecified atom stereocenters. The van der Waals surface area contributed by atoms with Gasteiger partial charge in [-0.2, -0.15) is 0 Å².